The number of nitrogens with two attached hydrogens (primary N) is 1. The molecule has 1 heterocycles. The first-order valence-corrected chi connectivity index (χ1v) is 4.70. The van der Waals surface area contributed by atoms with Crippen molar-refractivity contribution in [3.63, 3.8) is 0 Å². The third-order valence-corrected chi connectivity index (χ3v) is 2.41. The molecule has 0 spiro atoms. The first kappa shape index (κ1) is 10.7. The van der Waals surface area contributed by atoms with Gasteiger partial charge in [-0.25, -0.2) is 15.8 Å². The Morgan fingerprint density at radius 1 is 1.57 bits per heavy atom. The second-order valence-corrected chi connectivity index (χ2v) is 3.27. The van der Waals surface area contributed by atoms with E-state index in [1.54, 1.807) is 0 Å². The molecule has 0 bridgehead atoms. The monoisotopic (exact) mass is 195 g/mol. The first-order chi connectivity index (χ1) is 6.69. The van der Waals surface area contributed by atoms with Crippen molar-refractivity contribution in [2.75, 3.05) is 17.4 Å². The lowest BCUT2D eigenvalue weighted by Gasteiger charge is -2.24. The van der Waals surface area contributed by atoms with E-state index in [2.05, 4.69) is 34.1 Å². The number of nitrogens with one attached hydrogen (secondary N) is 1. The third kappa shape index (κ3) is 2.32. The number of hydrazine groups is 1. The Morgan fingerprint density at radius 2 is 2.29 bits per heavy atom. The Hall–Kier alpha value is -1.36. The summed E-state index contributed by atoms with van der Waals surface area (Å²) in [6, 6.07) is 2.28. The highest BCUT2D eigenvalue weighted by molar-refractivity contribution is 5.47. The van der Waals surface area contributed by atoms with Gasteiger partial charge in [0.05, 0.1) is 0 Å². The molecule has 0 amide bonds. The summed E-state index contributed by atoms with van der Waals surface area (Å²) in [5.41, 5.74) is 2.50. The van der Waals surface area contributed by atoms with E-state index in [9.17, 15) is 0 Å². The molecule has 0 saturated carbocycles. The third-order valence-electron chi connectivity index (χ3n) is 2.41. The van der Waals surface area contributed by atoms with Crippen molar-refractivity contribution in [3.05, 3.63) is 12.4 Å². The van der Waals surface area contributed by atoms with Crippen LogP contribution < -0.4 is 16.2 Å². The summed E-state index contributed by atoms with van der Waals surface area (Å²) in [6.45, 7) is 4.29. The van der Waals surface area contributed by atoms with Crippen LogP contribution in [0.3, 0.4) is 0 Å². The number of hydrogen-bond donors (Lipinski definition) is 2. The number of aromatic nitrogens is 2. The van der Waals surface area contributed by atoms with E-state index >= 15 is 0 Å². The molecule has 0 fully saturated rings. The summed E-state index contributed by atoms with van der Waals surface area (Å²) in [7, 11) is 2.01. The van der Waals surface area contributed by atoms with Gasteiger partial charge in [0.25, 0.3) is 0 Å². The van der Waals surface area contributed by atoms with Crippen LogP contribution in [0.25, 0.3) is 0 Å². The van der Waals surface area contributed by atoms with Gasteiger partial charge >= 0.3 is 0 Å². The van der Waals surface area contributed by atoms with Gasteiger partial charge in [0.2, 0.25) is 0 Å². The molecule has 1 unspecified atom stereocenters. The SMILES string of the molecule is CCC(C)N(C)c1cc(NN)ncn1. The minimum absolute atomic E-state index is 0.454. The van der Waals surface area contributed by atoms with Crippen LogP contribution in [0.1, 0.15) is 20.3 Å². The zero-order valence-electron chi connectivity index (χ0n) is 8.86. The van der Waals surface area contributed by atoms with E-state index in [0.29, 0.717) is 11.9 Å². The van der Waals surface area contributed by atoms with Crippen LogP contribution >= 0.6 is 0 Å². The minimum Gasteiger partial charge on any atom is -0.357 e. The molecular weight excluding hydrogens is 178 g/mol. The number of rotatable bonds is 4. The molecule has 1 aromatic rings. The Kier molecular flexibility index (Phi) is 3.64. The molecule has 14 heavy (non-hydrogen) atoms. The maximum atomic E-state index is 5.27. The smallest absolute Gasteiger partial charge is 0.145 e. The molecule has 1 aromatic heterocycles. The van der Waals surface area contributed by atoms with Crippen molar-refractivity contribution >= 4 is 11.6 Å². The maximum absolute atomic E-state index is 5.27. The van der Waals surface area contributed by atoms with Gasteiger partial charge in [-0.3, -0.25) is 0 Å². The fourth-order valence-corrected chi connectivity index (χ4v) is 1.12. The largest absolute Gasteiger partial charge is 0.357 e. The maximum Gasteiger partial charge on any atom is 0.145 e. The van der Waals surface area contributed by atoms with Crippen molar-refractivity contribution in [3.8, 4) is 0 Å². The summed E-state index contributed by atoms with van der Waals surface area (Å²) in [4.78, 5) is 10.2. The van der Waals surface area contributed by atoms with Crippen molar-refractivity contribution in [1.29, 1.82) is 0 Å². The molecule has 0 aliphatic rings. The van der Waals surface area contributed by atoms with Crippen LogP contribution in [0.2, 0.25) is 0 Å². The van der Waals surface area contributed by atoms with E-state index in [-0.39, 0.29) is 0 Å². The predicted molar refractivity (Wildman–Crippen MR) is 58.0 cm³/mol. The van der Waals surface area contributed by atoms with Gasteiger partial charge in [-0.1, -0.05) is 6.92 Å². The number of anilines is 2. The summed E-state index contributed by atoms with van der Waals surface area (Å²) >= 11 is 0. The molecular formula is C9H17N5. The van der Waals surface area contributed by atoms with Crippen LogP contribution in [0.15, 0.2) is 12.4 Å². The normalized spacial score (nSPS) is 12.3. The topological polar surface area (TPSA) is 67.1 Å². The van der Waals surface area contributed by atoms with Gasteiger partial charge in [0.1, 0.15) is 18.0 Å². The van der Waals surface area contributed by atoms with Crippen molar-refractivity contribution in [2.45, 2.75) is 26.3 Å². The van der Waals surface area contributed by atoms with Gasteiger partial charge in [-0.15, -0.1) is 0 Å². The van der Waals surface area contributed by atoms with E-state index in [1.807, 2.05) is 13.1 Å². The summed E-state index contributed by atoms with van der Waals surface area (Å²) in [5.74, 6) is 6.78. The van der Waals surface area contributed by atoms with E-state index < -0.39 is 0 Å². The molecule has 78 valence electrons. The molecule has 1 atom stereocenters. The summed E-state index contributed by atoms with van der Waals surface area (Å²) in [5, 5.41) is 0. The fraction of sp³-hybridized carbons (Fsp3) is 0.556. The Balaban J connectivity index is 2.83. The average molecular weight is 195 g/mol. The highest BCUT2D eigenvalue weighted by Gasteiger charge is 2.09. The quantitative estimate of drug-likeness (QED) is 0.554. The minimum atomic E-state index is 0.454. The molecule has 0 radical (unpaired) electrons. The van der Waals surface area contributed by atoms with Gasteiger partial charge in [-0.05, 0) is 13.3 Å². The van der Waals surface area contributed by atoms with Crippen molar-refractivity contribution in [2.24, 2.45) is 5.84 Å². The average Bonchev–Trinajstić information content (AvgIpc) is 2.27. The van der Waals surface area contributed by atoms with Crippen molar-refractivity contribution in [1.82, 2.24) is 9.97 Å². The van der Waals surface area contributed by atoms with Gasteiger partial charge in [0, 0.05) is 19.2 Å². The van der Waals surface area contributed by atoms with E-state index in [0.717, 1.165) is 12.2 Å². The lowest BCUT2D eigenvalue weighted by atomic mass is 10.2. The zero-order valence-corrected chi connectivity index (χ0v) is 8.86. The molecule has 0 aliphatic heterocycles. The highest BCUT2D eigenvalue weighted by atomic mass is 15.3. The van der Waals surface area contributed by atoms with Crippen LogP contribution in [0, 0.1) is 0 Å². The number of hydrogen-bond acceptors (Lipinski definition) is 5. The fourth-order valence-electron chi connectivity index (χ4n) is 1.12. The lowest BCUT2D eigenvalue weighted by Crippen LogP contribution is -2.29. The molecule has 3 N–H and O–H groups in total. The van der Waals surface area contributed by atoms with Crippen LogP contribution in [0.5, 0.6) is 0 Å². The number of nitrogens with zero attached hydrogens (tertiary/aromatic N) is 3. The Bertz CT molecular complexity index is 288. The highest BCUT2D eigenvalue weighted by Crippen LogP contribution is 2.15. The molecule has 1 rings (SSSR count). The zero-order chi connectivity index (χ0) is 10.6. The standard InChI is InChI=1S/C9H17N5/c1-4-7(2)14(3)9-5-8(13-10)11-6-12-9/h5-7H,4,10H2,1-3H3,(H,11,12,13). The van der Waals surface area contributed by atoms with Crippen LogP contribution in [-0.2, 0) is 0 Å². The Morgan fingerprint density at radius 3 is 2.86 bits per heavy atom. The Labute approximate surface area is 84.3 Å². The summed E-state index contributed by atoms with van der Waals surface area (Å²) < 4.78 is 0. The van der Waals surface area contributed by atoms with Gasteiger partial charge < -0.3 is 10.3 Å². The van der Waals surface area contributed by atoms with E-state index in [4.69, 9.17) is 5.84 Å². The van der Waals surface area contributed by atoms with Gasteiger partial charge in [-0.2, -0.15) is 0 Å². The molecule has 5 nitrogen and oxygen atoms in total. The first-order valence-electron chi connectivity index (χ1n) is 4.70. The van der Waals surface area contributed by atoms with Crippen molar-refractivity contribution < 1.29 is 0 Å². The lowest BCUT2D eigenvalue weighted by molar-refractivity contribution is 0.656. The molecule has 0 aliphatic carbocycles. The molecule has 0 aromatic carbocycles. The summed E-state index contributed by atoms with van der Waals surface area (Å²) in [6.07, 6.45) is 2.58. The molecule has 5 heteroatoms. The van der Waals surface area contributed by atoms with E-state index in [1.165, 1.54) is 6.33 Å². The van der Waals surface area contributed by atoms with Crippen LogP contribution in [0.4, 0.5) is 11.6 Å². The van der Waals surface area contributed by atoms with Crippen LogP contribution in [-0.4, -0.2) is 23.1 Å². The number of nitrogen functional groups attached to an aromatic ring is 1. The predicted octanol–water partition coefficient (Wildman–Crippen LogP) is 0.997. The van der Waals surface area contributed by atoms with Gasteiger partial charge in [0.15, 0.2) is 0 Å². The second-order valence-electron chi connectivity index (χ2n) is 3.27. The molecule has 0 saturated heterocycles. The second kappa shape index (κ2) is 4.76.